The molecule has 5 aliphatic carbocycles. The highest BCUT2D eigenvalue weighted by Crippen LogP contribution is 2.71. The van der Waals surface area contributed by atoms with E-state index in [1.807, 2.05) is 6.92 Å². The van der Waals surface area contributed by atoms with Gasteiger partial charge in [0.25, 0.3) is 5.92 Å². The predicted molar refractivity (Wildman–Crippen MR) is 116 cm³/mol. The van der Waals surface area contributed by atoms with Gasteiger partial charge in [-0.1, -0.05) is 34.6 Å². The van der Waals surface area contributed by atoms with E-state index in [0.29, 0.717) is 5.92 Å². The quantitative estimate of drug-likeness (QED) is 0.232. The summed E-state index contributed by atoms with van der Waals surface area (Å²) in [6, 6.07) is 0. The first-order valence-electron chi connectivity index (χ1n) is 12.8. The number of hydrogen-bond acceptors (Lipinski definition) is 0. The van der Waals surface area contributed by atoms with E-state index in [9.17, 15) is 70.2 Å². The monoisotopic (exact) mass is 636 g/mol. The van der Waals surface area contributed by atoms with Crippen LogP contribution in [0.2, 0.25) is 0 Å². The molecule has 0 aromatic carbocycles. The molecule has 2 bridgehead atoms. The van der Waals surface area contributed by atoms with Crippen molar-refractivity contribution in [3.63, 3.8) is 0 Å². The molecule has 41 heavy (non-hydrogen) atoms. The van der Waals surface area contributed by atoms with Gasteiger partial charge in [0.15, 0.2) is 6.17 Å². The van der Waals surface area contributed by atoms with Gasteiger partial charge in [-0.15, -0.1) is 0 Å². The molecule has 16 heteroatoms. The Bertz CT molecular complexity index is 827. The molecule has 0 amide bonds. The van der Waals surface area contributed by atoms with Gasteiger partial charge in [-0.25, -0.2) is 30.7 Å². The van der Waals surface area contributed by atoms with Gasteiger partial charge in [0.05, 0.1) is 11.3 Å². The zero-order valence-electron chi connectivity index (χ0n) is 22.7. The zero-order chi connectivity index (χ0) is 32.7. The van der Waals surface area contributed by atoms with Crippen LogP contribution in [0.25, 0.3) is 0 Å². The minimum Gasteiger partial charge on any atom is -0.247 e. The average molecular weight is 636 g/mol. The smallest absolute Gasteiger partial charge is 0.247 e. The maximum absolute atomic E-state index is 13.2. The van der Waals surface area contributed by atoms with E-state index >= 15 is 0 Å². The SMILES string of the molecule is CC1C(F)C(F)C(F)[C@@H](C)C1F.CC1[C@H]2CC[C@@H]1C2(C)C(F)(F)F.C[C@H]1C(F)(F)C(C)(F)C(F)(F)C(F)(F)C1(F)F. The van der Waals surface area contributed by atoms with Crippen LogP contribution >= 0.6 is 0 Å². The van der Waals surface area contributed by atoms with Crippen molar-refractivity contribution in [1.29, 1.82) is 0 Å². The second-order valence-electron chi connectivity index (χ2n) is 12.0. The lowest BCUT2D eigenvalue weighted by Gasteiger charge is -2.53. The van der Waals surface area contributed by atoms with E-state index in [1.165, 1.54) is 20.8 Å². The molecule has 0 heterocycles. The molecule has 0 spiro atoms. The summed E-state index contributed by atoms with van der Waals surface area (Å²) in [5.74, 6) is -28.9. The number of fused-ring (bicyclic) bond motifs is 1. The Morgan fingerprint density at radius 1 is 0.512 bits per heavy atom. The van der Waals surface area contributed by atoms with E-state index in [1.54, 1.807) is 0 Å². The molecular formula is C25H32F16. The van der Waals surface area contributed by atoms with Crippen LogP contribution in [0.15, 0.2) is 0 Å². The standard InChI is InChI=1S/C9H13F3.C8H7F9.C8H12F4/c1-5-6-3-4-7(5)8(6,2)9(10,11)12;1-3-5(10,11)4(2,9)7(14,15)8(16,17)6(3,12)13;1-3-5(9)4(2)7(11)8(12)6(3)10/h5-7H,3-4H2,1-2H3;3H,1-2H3;3-8H,1-2H3/t5?,6-,7+,8?;3-,4?;3-,4?,5?,6?,7?,8?/m.00/s1. The van der Waals surface area contributed by atoms with Gasteiger partial charge >= 0.3 is 23.9 Å². The summed E-state index contributed by atoms with van der Waals surface area (Å²) in [5, 5.41) is 0. The summed E-state index contributed by atoms with van der Waals surface area (Å²) < 4.78 is 205. The molecule has 0 aromatic heterocycles. The Hall–Kier alpha value is -1.12. The maximum Gasteiger partial charge on any atom is 0.394 e. The second-order valence-corrected chi connectivity index (χ2v) is 12.0. The fourth-order valence-electron chi connectivity index (χ4n) is 6.64. The average Bonchev–Trinajstić information content (AvgIpc) is 3.44. The molecule has 244 valence electrons. The third-order valence-corrected chi connectivity index (χ3v) is 9.94. The fraction of sp³-hybridized carbons (Fsp3) is 1.00. The van der Waals surface area contributed by atoms with Crippen molar-refractivity contribution in [1.82, 2.24) is 0 Å². The van der Waals surface area contributed by atoms with E-state index in [-0.39, 0.29) is 18.8 Å². The topological polar surface area (TPSA) is 0 Å². The molecule has 5 rings (SSSR count). The Morgan fingerprint density at radius 3 is 1.17 bits per heavy atom. The van der Waals surface area contributed by atoms with Crippen LogP contribution in [-0.4, -0.2) is 60.2 Å². The summed E-state index contributed by atoms with van der Waals surface area (Å²) in [4.78, 5) is 0. The molecule has 0 saturated heterocycles. The molecule has 12 atom stereocenters. The van der Waals surface area contributed by atoms with Crippen LogP contribution in [0, 0.1) is 40.9 Å². The summed E-state index contributed by atoms with van der Waals surface area (Å²) in [7, 11) is 0. The fourth-order valence-corrected chi connectivity index (χ4v) is 6.64. The predicted octanol–water partition coefficient (Wildman–Crippen LogP) is 9.76. The van der Waals surface area contributed by atoms with Crippen LogP contribution in [0.4, 0.5) is 70.2 Å². The molecule has 0 nitrogen and oxygen atoms in total. The molecule has 0 aliphatic heterocycles. The highest BCUT2D eigenvalue weighted by molar-refractivity contribution is 5.20. The molecule has 0 radical (unpaired) electrons. The third kappa shape index (κ3) is 4.81. The number of alkyl halides is 16. The van der Waals surface area contributed by atoms with E-state index in [0.717, 1.165) is 12.8 Å². The first-order chi connectivity index (χ1) is 18.0. The molecule has 8 unspecified atom stereocenters. The number of halogens is 16. The minimum absolute atomic E-state index is 0.0949. The molecule has 5 fully saturated rings. The van der Waals surface area contributed by atoms with Crippen LogP contribution in [-0.2, 0) is 0 Å². The molecular weight excluding hydrogens is 604 g/mol. The molecule has 5 aliphatic rings. The van der Waals surface area contributed by atoms with Gasteiger partial charge in [-0.05, 0) is 37.5 Å². The lowest BCUT2D eigenvalue weighted by molar-refractivity contribution is -0.431. The van der Waals surface area contributed by atoms with Crippen LogP contribution < -0.4 is 0 Å². The summed E-state index contributed by atoms with van der Waals surface area (Å²) in [5.41, 5.74) is -6.41. The summed E-state index contributed by atoms with van der Waals surface area (Å²) >= 11 is 0. The van der Waals surface area contributed by atoms with Gasteiger partial charge in [0.2, 0.25) is 5.67 Å². The van der Waals surface area contributed by atoms with Crippen LogP contribution in [0.3, 0.4) is 0 Å². The van der Waals surface area contributed by atoms with E-state index in [2.05, 4.69) is 0 Å². The molecule has 0 N–H and O–H groups in total. The summed E-state index contributed by atoms with van der Waals surface area (Å²) in [6.45, 7) is 5.29. The Balaban J connectivity index is 0.000000220. The highest BCUT2D eigenvalue weighted by atomic mass is 19.4. The van der Waals surface area contributed by atoms with Crippen LogP contribution in [0.5, 0.6) is 0 Å². The normalized spacial score (nSPS) is 49.0. The van der Waals surface area contributed by atoms with E-state index in [4.69, 9.17) is 0 Å². The number of rotatable bonds is 0. The minimum atomic E-state index is -6.19. The van der Waals surface area contributed by atoms with Crippen LogP contribution in [0.1, 0.15) is 54.4 Å². The second kappa shape index (κ2) is 10.5. The lowest BCUT2D eigenvalue weighted by Crippen LogP contribution is -2.77. The van der Waals surface area contributed by atoms with Gasteiger partial charge in [0, 0.05) is 11.8 Å². The van der Waals surface area contributed by atoms with Crippen molar-refractivity contribution in [2.24, 2.45) is 40.9 Å². The maximum atomic E-state index is 13.2. The lowest BCUT2D eigenvalue weighted by atomic mass is 9.53. The van der Waals surface area contributed by atoms with Crippen molar-refractivity contribution in [3.05, 3.63) is 0 Å². The Morgan fingerprint density at radius 2 is 0.878 bits per heavy atom. The highest BCUT2D eigenvalue weighted by Gasteiger charge is 2.91. The van der Waals surface area contributed by atoms with Crippen molar-refractivity contribution in [3.8, 4) is 0 Å². The molecule has 5 saturated carbocycles. The van der Waals surface area contributed by atoms with Gasteiger partial charge < -0.3 is 0 Å². The summed E-state index contributed by atoms with van der Waals surface area (Å²) in [6.07, 6.45) is -10.2. The van der Waals surface area contributed by atoms with Gasteiger partial charge in [-0.2, -0.15) is 39.5 Å². The van der Waals surface area contributed by atoms with E-state index < -0.39 is 90.3 Å². The first-order valence-corrected chi connectivity index (χ1v) is 12.8. The number of hydrogen-bond donors (Lipinski definition) is 0. The van der Waals surface area contributed by atoms with Crippen molar-refractivity contribution >= 4 is 0 Å². The Kier molecular flexibility index (Phi) is 9.24. The van der Waals surface area contributed by atoms with Gasteiger partial charge in [0.1, 0.15) is 18.5 Å². The Labute approximate surface area is 226 Å². The zero-order valence-corrected chi connectivity index (χ0v) is 22.7. The largest absolute Gasteiger partial charge is 0.394 e. The van der Waals surface area contributed by atoms with Crippen molar-refractivity contribution in [2.75, 3.05) is 0 Å². The van der Waals surface area contributed by atoms with Crippen molar-refractivity contribution < 1.29 is 70.2 Å². The first kappa shape index (κ1) is 36.1. The van der Waals surface area contributed by atoms with Gasteiger partial charge in [-0.3, -0.25) is 0 Å². The third-order valence-electron chi connectivity index (χ3n) is 9.94. The molecule has 0 aromatic rings. The van der Waals surface area contributed by atoms with Crippen molar-refractivity contribution in [2.45, 2.75) is 115 Å².